The van der Waals surface area contributed by atoms with E-state index in [1.807, 2.05) is 49.2 Å². The summed E-state index contributed by atoms with van der Waals surface area (Å²) in [6, 6.07) is 18.0. The third kappa shape index (κ3) is 5.53. The van der Waals surface area contributed by atoms with Gasteiger partial charge in [-0.2, -0.15) is 0 Å². The van der Waals surface area contributed by atoms with Crippen molar-refractivity contribution in [3.8, 4) is 0 Å². The Hall–Kier alpha value is -3.07. The van der Waals surface area contributed by atoms with Crippen molar-refractivity contribution >= 4 is 18.1 Å². The SMILES string of the molecule is Cc1ccc(C2CN(C)C(=O)C23CCCN([C@@](C=O)(COCc2ccccc2)NC(=O)C(C)(C)N)C3)cc1. The van der Waals surface area contributed by atoms with E-state index in [4.69, 9.17) is 10.5 Å². The van der Waals surface area contributed by atoms with Crippen LogP contribution in [-0.4, -0.2) is 72.4 Å². The molecule has 204 valence electrons. The van der Waals surface area contributed by atoms with Crippen molar-refractivity contribution in [2.24, 2.45) is 11.1 Å². The van der Waals surface area contributed by atoms with Gasteiger partial charge in [0, 0.05) is 32.6 Å². The predicted molar refractivity (Wildman–Crippen MR) is 146 cm³/mol. The van der Waals surface area contributed by atoms with E-state index in [9.17, 15) is 14.4 Å². The van der Waals surface area contributed by atoms with Crippen LogP contribution in [0.25, 0.3) is 0 Å². The monoisotopic (exact) mass is 520 g/mol. The summed E-state index contributed by atoms with van der Waals surface area (Å²) in [5, 5.41) is 2.91. The number of nitrogens with one attached hydrogen (secondary N) is 1. The summed E-state index contributed by atoms with van der Waals surface area (Å²) in [5.74, 6) is -0.416. The van der Waals surface area contributed by atoms with Gasteiger partial charge in [0.1, 0.15) is 0 Å². The number of benzene rings is 2. The third-order valence-corrected chi connectivity index (χ3v) is 8.01. The van der Waals surface area contributed by atoms with Crippen molar-refractivity contribution < 1.29 is 19.1 Å². The molecule has 0 bridgehead atoms. The quantitative estimate of drug-likeness (QED) is 0.493. The highest BCUT2D eigenvalue weighted by atomic mass is 16.5. The van der Waals surface area contributed by atoms with E-state index in [-0.39, 0.29) is 25.0 Å². The fraction of sp³-hybridized carbons (Fsp3) is 0.500. The Labute approximate surface area is 225 Å². The number of likely N-dealkylation sites (tertiary alicyclic amines) is 2. The van der Waals surface area contributed by atoms with Crippen molar-refractivity contribution in [1.82, 2.24) is 15.1 Å². The van der Waals surface area contributed by atoms with Crippen molar-refractivity contribution in [2.75, 3.05) is 33.3 Å². The van der Waals surface area contributed by atoms with Crippen LogP contribution < -0.4 is 11.1 Å². The van der Waals surface area contributed by atoms with Crippen LogP contribution >= 0.6 is 0 Å². The largest absolute Gasteiger partial charge is 0.372 e. The van der Waals surface area contributed by atoms with Crippen LogP contribution in [0.15, 0.2) is 54.6 Å². The van der Waals surface area contributed by atoms with Crippen molar-refractivity contribution in [1.29, 1.82) is 0 Å². The number of hydrogen-bond donors (Lipinski definition) is 2. The number of ether oxygens (including phenoxy) is 1. The number of carbonyl (C=O) groups excluding carboxylic acids is 3. The Morgan fingerprint density at radius 1 is 1.18 bits per heavy atom. The Bertz CT molecular complexity index is 1150. The predicted octanol–water partition coefficient (Wildman–Crippen LogP) is 2.60. The van der Waals surface area contributed by atoms with Crippen LogP contribution in [0.2, 0.25) is 0 Å². The van der Waals surface area contributed by atoms with Crippen molar-refractivity contribution in [2.45, 2.75) is 57.3 Å². The molecule has 2 aromatic rings. The first kappa shape index (κ1) is 28.0. The van der Waals surface area contributed by atoms with E-state index < -0.39 is 22.5 Å². The molecule has 2 aliphatic rings. The molecule has 2 saturated heterocycles. The average molecular weight is 521 g/mol. The molecule has 2 amide bonds. The molecule has 3 atom stereocenters. The zero-order valence-corrected chi connectivity index (χ0v) is 22.9. The van der Waals surface area contributed by atoms with Crippen molar-refractivity contribution in [3.63, 3.8) is 0 Å². The molecule has 2 heterocycles. The normalized spacial score (nSPS) is 23.9. The summed E-state index contributed by atoms with van der Waals surface area (Å²) in [7, 11) is 1.84. The molecule has 2 aromatic carbocycles. The summed E-state index contributed by atoms with van der Waals surface area (Å²) in [4.78, 5) is 43.5. The molecule has 8 nitrogen and oxygen atoms in total. The Morgan fingerprint density at radius 3 is 2.50 bits per heavy atom. The van der Waals surface area contributed by atoms with Gasteiger partial charge in [-0.25, -0.2) is 0 Å². The van der Waals surface area contributed by atoms with Gasteiger partial charge in [-0.1, -0.05) is 60.2 Å². The van der Waals surface area contributed by atoms with E-state index >= 15 is 0 Å². The molecule has 2 unspecified atom stereocenters. The zero-order chi connectivity index (χ0) is 27.6. The van der Waals surface area contributed by atoms with Crippen LogP contribution in [0, 0.1) is 12.3 Å². The number of carbonyl (C=O) groups is 3. The zero-order valence-electron chi connectivity index (χ0n) is 22.9. The first-order valence-electron chi connectivity index (χ1n) is 13.3. The second-order valence-corrected chi connectivity index (χ2v) is 11.5. The summed E-state index contributed by atoms with van der Waals surface area (Å²) < 4.78 is 6.04. The Morgan fingerprint density at radius 2 is 1.87 bits per heavy atom. The second-order valence-electron chi connectivity index (χ2n) is 11.5. The molecule has 2 fully saturated rings. The number of rotatable bonds is 9. The van der Waals surface area contributed by atoms with E-state index in [2.05, 4.69) is 29.6 Å². The average Bonchev–Trinajstić information content (AvgIpc) is 3.13. The molecular weight excluding hydrogens is 480 g/mol. The molecule has 8 heteroatoms. The van der Waals surface area contributed by atoms with Gasteiger partial charge in [-0.15, -0.1) is 0 Å². The van der Waals surface area contributed by atoms with Crippen molar-refractivity contribution in [3.05, 3.63) is 71.3 Å². The van der Waals surface area contributed by atoms with Gasteiger partial charge in [0.2, 0.25) is 11.8 Å². The number of piperidine rings is 1. The highest BCUT2D eigenvalue weighted by Crippen LogP contribution is 2.50. The first-order chi connectivity index (χ1) is 18.0. The van der Waals surface area contributed by atoms with E-state index in [0.717, 1.165) is 23.0 Å². The minimum Gasteiger partial charge on any atom is -0.372 e. The second kappa shape index (κ2) is 11.0. The molecule has 0 aliphatic carbocycles. The van der Waals surface area contributed by atoms with E-state index in [1.54, 1.807) is 18.7 Å². The first-order valence-corrected chi connectivity index (χ1v) is 13.3. The maximum atomic E-state index is 13.7. The molecule has 3 N–H and O–H groups in total. The molecule has 0 radical (unpaired) electrons. The van der Waals surface area contributed by atoms with Crippen LogP contribution in [0.3, 0.4) is 0 Å². The summed E-state index contributed by atoms with van der Waals surface area (Å²) in [6.45, 7) is 6.94. The lowest BCUT2D eigenvalue weighted by atomic mass is 9.68. The molecule has 1 spiro atoms. The smallest absolute Gasteiger partial charge is 0.241 e. The molecule has 2 aliphatic heterocycles. The van der Waals surface area contributed by atoms with Crippen LogP contribution in [0.1, 0.15) is 49.3 Å². The number of amides is 2. The maximum Gasteiger partial charge on any atom is 0.241 e. The topological polar surface area (TPSA) is 105 Å². The highest BCUT2D eigenvalue weighted by Gasteiger charge is 2.57. The lowest BCUT2D eigenvalue weighted by Crippen LogP contribution is -2.71. The van der Waals surface area contributed by atoms with Crippen LogP contribution in [0.5, 0.6) is 0 Å². The van der Waals surface area contributed by atoms with Crippen LogP contribution in [-0.2, 0) is 25.7 Å². The lowest BCUT2D eigenvalue weighted by molar-refractivity contribution is -0.150. The molecule has 0 aromatic heterocycles. The molecular formula is C30H40N4O4. The van der Waals surface area contributed by atoms with Gasteiger partial charge in [-0.05, 0) is 44.7 Å². The minimum atomic E-state index is -1.46. The standard InChI is InChI=1S/C30H40N4O4/c1-22-11-13-24(14-12-22)25-17-33(4)27(37)29(25)15-8-16-34(19-29)30(20-35,32-26(36)28(2,3)31)21-38-18-23-9-6-5-7-10-23/h5-7,9-14,20,25H,8,15-19,21,31H2,1-4H3,(H,32,36)/t25?,29?,30-/m0/s1. The number of aryl methyl sites for hydroxylation is 1. The van der Waals surface area contributed by atoms with Gasteiger partial charge in [0.25, 0.3) is 0 Å². The third-order valence-electron chi connectivity index (χ3n) is 8.01. The summed E-state index contributed by atoms with van der Waals surface area (Å²) in [5.41, 5.74) is 5.97. The van der Waals surface area contributed by atoms with Gasteiger partial charge in [0.15, 0.2) is 11.9 Å². The Balaban J connectivity index is 1.66. The highest BCUT2D eigenvalue weighted by molar-refractivity contribution is 5.89. The maximum absolute atomic E-state index is 13.7. The summed E-state index contributed by atoms with van der Waals surface area (Å²) in [6.07, 6.45) is 2.16. The molecule has 38 heavy (non-hydrogen) atoms. The van der Waals surface area contributed by atoms with Gasteiger partial charge < -0.3 is 20.7 Å². The van der Waals surface area contributed by atoms with Crippen LogP contribution in [0.4, 0.5) is 0 Å². The number of nitrogens with zero attached hydrogens (tertiary/aromatic N) is 2. The summed E-state index contributed by atoms with van der Waals surface area (Å²) >= 11 is 0. The fourth-order valence-corrected chi connectivity index (χ4v) is 5.77. The van der Waals surface area contributed by atoms with E-state index in [1.165, 1.54) is 0 Å². The number of aldehydes is 1. The van der Waals surface area contributed by atoms with Gasteiger partial charge in [0.05, 0.1) is 24.2 Å². The number of hydrogen-bond acceptors (Lipinski definition) is 6. The van der Waals surface area contributed by atoms with E-state index in [0.29, 0.717) is 32.5 Å². The number of likely N-dealkylation sites (N-methyl/N-ethyl adjacent to an activating group) is 1. The lowest BCUT2D eigenvalue weighted by Gasteiger charge is -2.49. The number of nitrogens with two attached hydrogens (primary N) is 1. The minimum absolute atomic E-state index is 0.0281. The fourth-order valence-electron chi connectivity index (χ4n) is 5.77. The molecule has 0 saturated carbocycles. The Kier molecular flexibility index (Phi) is 8.06. The van der Waals surface area contributed by atoms with Gasteiger partial charge in [-0.3, -0.25) is 19.3 Å². The van der Waals surface area contributed by atoms with Gasteiger partial charge >= 0.3 is 0 Å². The molecule has 4 rings (SSSR count).